The molecule has 9 heteroatoms. The first-order valence-corrected chi connectivity index (χ1v) is 11.8. The number of amides is 3. The first-order chi connectivity index (χ1) is 16.5. The molecule has 1 aromatic heterocycles. The number of pyridine rings is 1. The van der Waals surface area contributed by atoms with Gasteiger partial charge in [-0.1, -0.05) is 6.42 Å². The minimum Gasteiger partial charge on any atom is -0.506 e. The number of aromatic nitrogens is 1. The lowest BCUT2D eigenvalue weighted by atomic mass is 10.0. The summed E-state index contributed by atoms with van der Waals surface area (Å²) in [5.41, 5.74) is 2.06. The summed E-state index contributed by atoms with van der Waals surface area (Å²) in [4.78, 5) is 44.7. The van der Waals surface area contributed by atoms with Gasteiger partial charge in [-0.2, -0.15) is 0 Å². The lowest BCUT2D eigenvalue weighted by Crippen LogP contribution is -2.52. The second-order valence-corrected chi connectivity index (χ2v) is 9.12. The summed E-state index contributed by atoms with van der Waals surface area (Å²) < 4.78 is 6.14. The Morgan fingerprint density at radius 1 is 1.15 bits per heavy atom. The number of carbonyl (C=O) groups is 3. The van der Waals surface area contributed by atoms with Crippen molar-refractivity contribution in [2.24, 2.45) is 0 Å². The highest BCUT2D eigenvalue weighted by molar-refractivity contribution is 6.05. The maximum atomic E-state index is 12.9. The number of fused-ring (bicyclic) bond motifs is 1. The molecule has 2 atom stereocenters. The first kappa shape index (κ1) is 22.3. The average molecular weight is 465 g/mol. The van der Waals surface area contributed by atoms with E-state index in [2.05, 4.69) is 15.2 Å². The lowest BCUT2D eigenvalue weighted by Gasteiger charge is -2.35. The molecule has 2 saturated heterocycles. The van der Waals surface area contributed by atoms with E-state index in [9.17, 15) is 19.5 Å². The maximum Gasteiger partial charge on any atom is 0.255 e. The fourth-order valence-corrected chi connectivity index (χ4v) is 5.03. The first-order valence-electron chi connectivity index (χ1n) is 11.8. The molecule has 2 aromatic rings. The summed E-state index contributed by atoms with van der Waals surface area (Å²) in [6.07, 6.45) is 5.49. The van der Waals surface area contributed by atoms with Gasteiger partial charge >= 0.3 is 0 Å². The number of likely N-dealkylation sites (tertiary alicyclic amines) is 1. The van der Waals surface area contributed by atoms with Crippen LogP contribution in [0, 0.1) is 0 Å². The van der Waals surface area contributed by atoms with Crippen LogP contribution in [0.2, 0.25) is 0 Å². The van der Waals surface area contributed by atoms with Crippen molar-refractivity contribution in [1.82, 2.24) is 20.1 Å². The van der Waals surface area contributed by atoms with Crippen LogP contribution >= 0.6 is 0 Å². The molecule has 9 nitrogen and oxygen atoms in total. The average Bonchev–Trinajstić information content (AvgIpc) is 3.15. The molecular weight excluding hydrogens is 436 g/mol. The quantitative estimate of drug-likeness (QED) is 0.629. The van der Waals surface area contributed by atoms with E-state index in [1.54, 1.807) is 35.4 Å². The van der Waals surface area contributed by atoms with Crippen molar-refractivity contribution in [3.8, 4) is 11.5 Å². The summed E-state index contributed by atoms with van der Waals surface area (Å²) in [5.74, 6) is -0.00882. The number of ether oxygens (including phenoxy) is 1. The van der Waals surface area contributed by atoms with Gasteiger partial charge in [0, 0.05) is 37.3 Å². The highest BCUT2D eigenvalue weighted by Crippen LogP contribution is 2.31. The van der Waals surface area contributed by atoms with Crippen LogP contribution in [0.15, 0.2) is 36.5 Å². The second-order valence-electron chi connectivity index (χ2n) is 9.12. The van der Waals surface area contributed by atoms with Gasteiger partial charge in [-0.3, -0.25) is 29.6 Å². The molecule has 3 amide bonds. The molecule has 1 unspecified atom stereocenters. The molecule has 1 aromatic carbocycles. The topological polar surface area (TPSA) is 112 Å². The van der Waals surface area contributed by atoms with Crippen LogP contribution in [0.5, 0.6) is 11.5 Å². The van der Waals surface area contributed by atoms with Gasteiger partial charge in [0.1, 0.15) is 24.1 Å². The minimum absolute atomic E-state index is 0.190. The van der Waals surface area contributed by atoms with Crippen LogP contribution in [0.3, 0.4) is 0 Å². The zero-order chi connectivity index (χ0) is 23.7. The van der Waals surface area contributed by atoms with Crippen molar-refractivity contribution in [3.05, 3.63) is 53.3 Å². The van der Waals surface area contributed by atoms with E-state index in [-0.39, 0.29) is 30.0 Å². The largest absolute Gasteiger partial charge is 0.506 e. The Bertz CT molecular complexity index is 1120. The Morgan fingerprint density at radius 3 is 2.85 bits per heavy atom. The standard InChI is InChI=1S/C25H28N4O5/c30-22-5-3-10-26-20(22)14-28-11-2-1-4-17(28)15-34-18-6-7-19-16(12-18)13-29(25(19)33)21-8-9-23(31)27-24(21)32/h3,5-7,10,12,17,21,30H,1-2,4,8-9,11,13-15H2,(H,27,31,32)/t17-,21?/m0/s1. The Morgan fingerprint density at radius 2 is 2.03 bits per heavy atom. The third kappa shape index (κ3) is 4.48. The minimum atomic E-state index is -0.624. The molecule has 0 bridgehead atoms. The van der Waals surface area contributed by atoms with Crippen LogP contribution in [0.25, 0.3) is 0 Å². The summed E-state index contributed by atoms with van der Waals surface area (Å²) >= 11 is 0. The highest BCUT2D eigenvalue weighted by atomic mass is 16.5. The van der Waals surface area contributed by atoms with Crippen molar-refractivity contribution in [1.29, 1.82) is 0 Å². The number of benzene rings is 1. The molecule has 3 aliphatic rings. The number of piperidine rings is 2. The van der Waals surface area contributed by atoms with Gasteiger partial charge in [0.2, 0.25) is 11.8 Å². The Kier molecular flexibility index (Phi) is 6.19. The van der Waals surface area contributed by atoms with Gasteiger partial charge in [-0.05, 0) is 61.7 Å². The molecule has 0 spiro atoms. The molecule has 5 rings (SSSR count). The summed E-state index contributed by atoms with van der Waals surface area (Å²) in [6.45, 7) is 2.31. The van der Waals surface area contributed by atoms with E-state index >= 15 is 0 Å². The number of hydrogen-bond donors (Lipinski definition) is 2. The fourth-order valence-electron chi connectivity index (χ4n) is 5.03. The smallest absolute Gasteiger partial charge is 0.255 e. The third-order valence-corrected chi connectivity index (χ3v) is 6.91. The number of rotatable bonds is 6. The zero-order valence-corrected chi connectivity index (χ0v) is 18.9. The van der Waals surface area contributed by atoms with E-state index in [0.29, 0.717) is 43.1 Å². The normalized spacial score (nSPS) is 23.1. The van der Waals surface area contributed by atoms with E-state index in [4.69, 9.17) is 4.74 Å². The SMILES string of the molecule is O=C1CCC(N2Cc3cc(OC[C@@H]4CCCCN4Cc4ncccc4O)ccc3C2=O)C(=O)N1. The molecule has 34 heavy (non-hydrogen) atoms. The van der Waals surface area contributed by atoms with Crippen molar-refractivity contribution in [3.63, 3.8) is 0 Å². The number of aromatic hydroxyl groups is 1. The Hall–Kier alpha value is -3.46. The van der Waals surface area contributed by atoms with Crippen LogP contribution < -0.4 is 10.1 Å². The van der Waals surface area contributed by atoms with Crippen LogP contribution in [0.4, 0.5) is 0 Å². The van der Waals surface area contributed by atoms with Crippen molar-refractivity contribution < 1.29 is 24.2 Å². The van der Waals surface area contributed by atoms with E-state index in [0.717, 1.165) is 31.4 Å². The van der Waals surface area contributed by atoms with Crippen molar-refractivity contribution in [2.75, 3.05) is 13.2 Å². The molecule has 4 heterocycles. The van der Waals surface area contributed by atoms with Crippen LogP contribution in [0.1, 0.15) is 53.7 Å². The number of imide groups is 1. The third-order valence-electron chi connectivity index (χ3n) is 6.91. The second kappa shape index (κ2) is 9.42. The van der Waals surface area contributed by atoms with Gasteiger partial charge in [0.15, 0.2) is 0 Å². The number of nitrogens with zero attached hydrogens (tertiary/aromatic N) is 3. The summed E-state index contributed by atoms with van der Waals surface area (Å²) in [5, 5.41) is 12.4. The number of carbonyl (C=O) groups excluding carboxylic acids is 3. The summed E-state index contributed by atoms with van der Waals surface area (Å²) in [7, 11) is 0. The fraction of sp³-hybridized carbons (Fsp3) is 0.440. The van der Waals surface area contributed by atoms with Gasteiger partial charge in [-0.25, -0.2) is 0 Å². The van der Waals surface area contributed by atoms with Gasteiger partial charge in [-0.15, -0.1) is 0 Å². The zero-order valence-electron chi connectivity index (χ0n) is 18.9. The lowest BCUT2D eigenvalue weighted by molar-refractivity contribution is -0.136. The molecule has 0 radical (unpaired) electrons. The van der Waals surface area contributed by atoms with Crippen LogP contribution in [-0.4, -0.2) is 62.8 Å². The Balaban J connectivity index is 1.23. The van der Waals surface area contributed by atoms with E-state index in [1.807, 2.05) is 6.07 Å². The molecule has 178 valence electrons. The van der Waals surface area contributed by atoms with Crippen molar-refractivity contribution in [2.45, 2.75) is 57.3 Å². The highest BCUT2D eigenvalue weighted by Gasteiger charge is 2.39. The molecule has 2 N–H and O–H groups in total. The molecule has 0 saturated carbocycles. The van der Waals surface area contributed by atoms with Crippen LogP contribution in [-0.2, 0) is 22.7 Å². The Labute approximate surface area is 197 Å². The predicted octanol–water partition coefficient (Wildman–Crippen LogP) is 1.98. The maximum absolute atomic E-state index is 12.9. The van der Waals surface area contributed by atoms with Gasteiger partial charge < -0.3 is 14.7 Å². The van der Waals surface area contributed by atoms with E-state index < -0.39 is 11.9 Å². The van der Waals surface area contributed by atoms with Gasteiger partial charge in [0.05, 0.1) is 5.69 Å². The molecule has 3 aliphatic heterocycles. The predicted molar refractivity (Wildman–Crippen MR) is 122 cm³/mol. The number of hydrogen-bond acceptors (Lipinski definition) is 7. The van der Waals surface area contributed by atoms with Crippen molar-refractivity contribution >= 4 is 17.7 Å². The number of nitrogens with one attached hydrogen (secondary N) is 1. The summed E-state index contributed by atoms with van der Waals surface area (Å²) in [6, 6.07) is 8.37. The molecule has 0 aliphatic carbocycles. The molecular formula is C25H28N4O5. The molecule has 2 fully saturated rings. The van der Waals surface area contributed by atoms with E-state index in [1.165, 1.54) is 0 Å². The van der Waals surface area contributed by atoms with Gasteiger partial charge in [0.25, 0.3) is 5.91 Å². The monoisotopic (exact) mass is 464 g/mol.